The third kappa shape index (κ3) is 5.42. The summed E-state index contributed by atoms with van der Waals surface area (Å²) in [5.74, 6) is 2.39. The quantitative estimate of drug-likeness (QED) is 0.700. The van der Waals surface area contributed by atoms with Gasteiger partial charge in [0.25, 0.3) is 0 Å². The normalized spacial score (nSPS) is 10.5. The van der Waals surface area contributed by atoms with E-state index in [4.69, 9.17) is 0 Å². The summed E-state index contributed by atoms with van der Waals surface area (Å²) in [6.45, 7) is 5.43. The number of anilines is 1. The van der Waals surface area contributed by atoms with Crippen molar-refractivity contribution in [2.45, 2.75) is 38.9 Å². The summed E-state index contributed by atoms with van der Waals surface area (Å²) >= 11 is 3.80. The zero-order chi connectivity index (χ0) is 10.9. The van der Waals surface area contributed by atoms with E-state index in [2.05, 4.69) is 24.1 Å². The molecule has 0 bridgehead atoms. The fourth-order valence-electron chi connectivity index (χ4n) is 1.11. The first-order valence-corrected chi connectivity index (χ1v) is 7.60. The number of hydrogen-bond acceptors (Lipinski definition) is 4. The molecule has 0 aliphatic rings. The van der Waals surface area contributed by atoms with Crippen molar-refractivity contribution in [1.29, 1.82) is 0 Å². The van der Waals surface area contributed by atoms with Gasteiger partial charge in [-0.25, -0.2) is 4.98 Å². The number of rotatable bonds is 8. The molecule has 1 heterocycles. The third-order valence-corrected chi connectivity index (χ3v) is 4.20. The minimum Gasteiger partial charge on any atom is -0.362 e. The Morgan fingerprint density at radius 1 is 1.40 bits per heavy atom. The van der Waals surface area contributed by atoms with Crippen LogP contribution in [0.4, 0.5) is 5.13 Å². The monoisotopic (exact) mass is 244 g/mol. The van der Waals surface area contributed by atoms with Gasteiger partial charge in [0.05, 0.1) is 0 Å². The molecular formula is C11H20N2S2. The molecule has 1 aromatic rings. The predicted molar refractivity (Wildman–Crippen MR) is 72.0 cm³/mol. The van der Waals surface area contributed by atoms with Crippen molar-refractivity contribution in [2.75, 3.05) is 17.6 Å². The highest BCUT2D eigenvalue weighted by Gasteiger charge is 2.00. The number of thiazole rings is 1. The van der Waals surface area contributed by atoms with Gasteiger partial charge in [0.1, 0.15) is 0 Å². The van der Waals surface area contributed by atoms with Gasteiger partial charge >= 0.3 is 0 Å². The number of thioether (sulfide) groups is 1. The molecule has 0 atom stereocenters. The lowest BCUT2D eigenvalue weighted by molar-refractivity contribution is 0.896. The van der Waals surface area contributed by atoms with Crippen LogP contribution in [0.1, 0.15) is 38.0 Å². The molecule has 4 heteroatoms. The Labute approximate surface area is 101 Å². The molecule has 0 saturated heterocycles. The van der Waals surface area contributed by atoms with Crippen LogP contribution >= 0.6 is 23.1 Å². The van der Waals surface area contributed by atoms with Crippen molar-refractivity contribution >= 4 is 28.2 Å². The molecule has 0 amide bonds. The maximum Gasteiger partial charge on any atom is 0.182 e. The summed E-state index contributed by atoms with van der Waals surface area (Å²) < 4.78 is 0. The Morgan fingerprint density at radius 3 is 3.00 bits per heavy atom. The van der Waals surface area contributed by atoms with Crippen molar-refractivity contribution in [3.8, 4) is 0 Å². The van der Waals surface area contributed by atoms with E-state index in [9.17, 15) is 0 Å². The molecule has 1 rings (SSSR count). The maximum absolute atomic E-state index is 4.35. The maximum atomic E-state index is 4.35. The second kappa shape index (κ2) is 7.99. The van der Waals surface area contributed by atoms with Crippen LogP contribution < -0.4 is 5.32 Å². The van der Waals surface area contributed by atoms with Crippen molar-refractivity contribution < 1.29 is 0 Å². The van der Waals surface area contributed by atoms with Crippen LogP contribution in [0.3, 0.4) is 0 Å². The van der Waals surface area contributed by atoms with E-state index in [0.29, 0.717) is 0 Å². The predicted octanol–water partition coefficient (Wildman–Crippen LogP) is 4.00. The number of hydrogen-bond donors (Lipinski definition) is 1. The Balaban J connectivity index is 2.20. The molecule has 0 radical (unpaired) electrons. The largest absolute Gasteiger partial charge is 0.362 e. The van der Waals surface area contributed by atoms with E-state index in [1.54, 1.807) is 11.3 Å². The van der Waals surface area contributed by atoms with Gasteiger partial charge in [-0.15, -0.1) is 11.3 Å². The Morgan fingerprint density at radius 2 is 2.27 bits per heavy atom. The highest BCUT2D eigenvalue weighted by molar-refractivity contribution is 7.98. The van der Waals surface area contributed by atoms with E-state index < -0.39 is 0 Å². The molecule has 86 valence electrons. The Kier molecular flexibility index (Phi) is 6.85. The SMILES string of the molecule is CCCCSCc1cnc(NCCC)s1. The Hall–Kier alpha value is -0.220. The molecule has 0 saturated carbocycles. The molecular weight excluding hydrogens is 224 g/mol. The van der Waals surface area contributed by atoms with Crippen molar-refractivity contribution in [2.24, 2.45) is 0 Å². The lowest BCUT2D eigenvalue weighted by Gasteiger charge is -1.98. The summed E-state index contributed by atoms with van der Waals surface area (Å²) in [5, 5.41) is 4.39. The van der Waals surface area contributed by atoms with Gasteiger partial charge in [0.2, 0.25) is 0 Å². The fraction of sp³-hybridized carbons (Fsp3) is 0.727. The molecule has 0 unspecified atom stereocenters. The summed E-state index contributed by atoms with van der Waals surface area (Å²) in [6, 6.07) is 0. The first-order valence-electron chi connectivity index (χ1n) is 5.63. The number of aromatic nitrogens is 1. The lowest BCUT2D eigenvalue weighted by Crippen LogP contribution is -1.97. The third-order valence-electron chi connectivity index (χ3n) is 1.97. The standard InChI is InChI=1S/C11H20N2S2/c1-3-5-7-14-9-10-8-13-11(15-10)12-6-4-2/h8H,3-7,9H2,1-2H3,(H,12,13). The molecule has 0 aliphatic heterocycles. The number of unbranched alkanes of at least 4 members (excludes halogenated alkanes) is 1. The molecule has 0 spiro atoms. The molecule has 1 aromatic heterocycles. The van der Waals surface area contributed by atoms with Crippen LogP contribution in [0, 0.1) is 0 Å². The van der Waals surface area contributed by atoms with Crippen LogP contribution in [-0.2, 0) is 5.75 Å². The lowest BCUT2D eigenvalue weighted by atomic mass is 10.4. The summed E-state index contributed by atoms with van der Waals surface area (Å²) in [5.41, 5.74) is 0. The van der Waals surface area contributed by atoms with Gasteiger partial charge in [-0.05, 0) is 18.6 Å². The highest BCUT2D eigenvalue weighted by Crippen LogP contribution is 2.23. The van der Waals surface area contributed by atoms with Crippen molar-refractivity contribution in [3.05, 3.63) is 11.1 Å². The first-order chi connectivity index (χ1) is 7.36. The molecule has 1 N–H and O–H groups in total. The topological polar surface area (TPSA) is 24.9 Å². The second-order valence-corrected chi connectivity index (χ2v) is 5.69. The zero-order valence-corrected chi connectivity index (χ0v) is 11.2. The zero-order valence-electron chi connectivity index (χ0n) is 9.58. The molecule has 0 fully saturated rings. The summed E-state index contributed by atoms with van der Waals surface area (Å²) in [6.07, 6.45) is 5.77. The van der Waals surface area contributed by atoms with Gasteiger partial charge in [-0.1, -0.05) is 20.3 Å². The van der Waals surface area contributed by atoms with Crippen LogP contribution in [0.25, 0.3) is 0 Å². The smallest absolute Gasteiger partial charge is 0.182 e. The summed E-state index contributed by atoms with van der Waals surface area (Å²) in [4.78, 5) is 5.73. The van der Waals surface area contributed by atoms with E-state index in [0.717, 1.165) is 23.8 Å². The average Bonchev–Trinajstić information content (AvgIpc) is 2.69. The van der Waals surface area contributed by atoms with Crippen molar-refractivity contribution in [1.82, 2.24) is 4.98 Å². The summed E-state index contributed by atoms with van der Waals surface area (Å²) in [7, 11) is 0. The minimum absolute atomic E-state index is 1.02. The van der Waals surface area contributed by atoms with Gasteiger partial charge in [0, 0.05) is 23.4 Å². The van der Waals surface area contributed by atoms with Crippen molar-refractivity contribution in [3.63, 3.8) is 0 Å². The van der Waals surface area contributed by atoms with Gasteiger partial charge in [0.15, 0.2) is 5.13 Å². The minimum atomic E-state index is 1.02. The van der Waals surface area contributed by atoms with E-state index >= 15 is 0 Å². The van der Waals surface area contributed by atoms with E-state index in [1.807, 2.05) is 18.0 Å². The van der Waals surface area contributed by atoms with Crippen LogP contribution in [0.2, 0.25) is 0 Å². The van der Waals surface area contributed by atoms with E-state index in [-0.39, 0.29) is 0 Å². The fourth-order valence-corrected chi connectivity index (χ4v) is 3.14. The first kappa shape index (κ1) is 12.8. The van der Waals surface area contributed by atoms with Gasteiger partial charge in [-0.2, -0.15) is 11.8 Å². The average molecular weight is 244 g/mol. The van der Waals surface area contributed by atoms with Crippen LogP contribution in [-0.4, -0.2) is 17.3 Å². The van der Waals surface area contributed by atoms with Crippen LogP contribution in [0.15, 0.2) is 6.20 Å². The Bertz CT molecular complexity index is 261. The number of nitrogens with one attached hydrogen (secondary N) is 1. The van der Waals surface area contributed by atoms with Gasteiger partial charge in [-0.3, -0.25) is 0 Å². The molecule has 0 aliphatic carbocycles. The molecule has 2 nitrogen and oxygen atoms in total. The molecule has 0 aromatic carbocycles. The highest BCUT2D eigenvalue weighted by atomic mass is 32.2. The van der Waals surface area contributed by atoms with E-state index in [1.165, 1.54) is 23.5 Å². The second-order valence-electron chi connectivity index (χ2n) is 3.46. The molecule has 15 heavy (non-hydrogen) atoms. The van der Waals surface area contributed by atoms with Crippen LogP contribution in [0.5, 0.6) is 0 Å². The van der Waals surface area contributed by atoms with Gasteiger partial charge < -0.3 is 5.32 Å². The number of nitrogens with zero attached hydrogens (tertiary/aromatic N) is 1.